The van der Waals surface area contributed by atoms with Gasteiger partial charge in [0.25, 0.3) is 0 Å². The van der Waals surface area contributed by atoms with Crippen molar-refractivity contribution in [2.24, 2.45) is 0 Å². The van der Waals surface area contributed by atoms with E-state index in [9.17, 15) is 0 Å². The van der Waals surface area contributed by atoms with Gasteiger partial charge in [0, 0.05) is 12.2 Å². The number of hydrogen-bond donors (Lipinski definition) is 1. The molecule has 1 atom stereocenters. The van der Waals surface area contributed by atoms with Crippen LogP contribution < -0.4 is 5.32 Å². The van der Waals surface area contributed by atoms with Gasteiger partial charge in [0.1, 0.15) is 12.9 Å². The summed E-state index contributed by atoms with van der Waals surface area (Å²) < 4.78 is 10.4. The summed E-state index contributed by atoms with van der Waals surface area (Å²) in [6.07, 6.45) is 0.195. The van der Waals surface area contributed by atoms with Crippen LogP contribution >= 0.6 is 0 Å². The number of para-hydroxylation sites is 1. The molecule has 0 bridgehead atoms. The Bertz CT molecular complexity index is 244. The van der Waals surface area contributed by atoms with Crippen LogP contribution in [0.1, 0.15) is 0 Å². The van der Waals surface area contributed by atoms with Crippen LogP contribution in [0.5, 0.6) is 0 Å². The summed E-state index contributed by atoms with van der Waals surface area (Å²) >= 11 is 0. The second kappa shape index (κ2) is 4.25. The zero-order valence-electron chi connectivity index (χ0n) is 7.40. The van der Waals surface area contributed by atoms with Gasteiger partial charge in [-0.1, -0.05) is 18.2 Å². The topological polar surface area (TPSA) is 30.5 Å². The van der Waals surface area contributed by atoms with Gasteiger partial charge in [0.15, 0.2) is 0 Å². The third-order valence-electron chi connectivity index (χ3n) is 2.00. The second-order valence-electron chi connectivity index (χ2n) is 3.02. The molecule has 13 heavy (non-hydrogen) atoms. The van der Waals surface area contributed by atoms with Crippen LogP contribution in [-0.2, 0) is 9.47 Å². The van der Waals surface area contributed by atoms with Crippen LogP contribution in [0.3, 0.4) is 0 Å². The van der Waals surface area contributed by atoms with Crippen molar-refractivity contribution in [1.82, 2.24) is 0 Å². The molecule has 0 unspecified atom stereocenters. The maximum Gasteiger partial charge on any atom is 0.147 e. The van der Waals surface area contributed by atoms with Gasteiger partial charge in [0.05, 0.1) is 6.61 Å². The molecule has 1 aromatic carbocycles. The minimum absolute atomic E-state index is 0.195. The van der Waals surface area contributed by atoms with Crippen molar-refractivity contribution in [1.29, 1.82) is 0 Å². The molecule has 1 N–H and O–H groups in total. The highest BCUT2D eigenvalue weighted by Crippen LogP contribution is 2.07. The minimum atomic E-state index is 0.195. The summed E-state index contributed by atoms with van der Waals surface area (Å²) in [5.41, 5.74) is 1.12. The predicted molar refractivity (Wildman–Crippen MR) is 50.6 cm³/mol. The van der Waals surface area contributed by atoms with E-state index in [0.29, 0.717) is 13.4 Å². The van der Waals surface area contributed by atoms with E-state index < -0.39 is 0 Å². The van der Waals surface area contributed by atoms with Crippen LogP contribution in [0.4, 0.5) is 5.69 Å². The molecule has 2 rings (SSSR count). The Labute approximate surface area is 77.7 Å². The monoisotopic (exact) mass is 179 g/mol. The first-order valence-electron chi connectivity index (χ1n) is 4.43. The summed E-state index contributed by atoms with van der Waals surface area (Å²) in [6, 6.07) is 10.1. The molecule has 0 spiro atoms. The van der Waals surface area contributed by atoms with Gasteiger partial charge in [-0.25, -0.2) is 0 Å². The van der Waals surface area contributed by atoms with Crippen LogP contribution in [-0.4, -0.2) is 26.0 Å². The number of rotatable bonds is 3. The maximum absolute atomic E-state index is 5.29. The first-order valence-corrected chi connectivity index (χ1v) is 4.43. The molecular formula is C10H13NO2. The van der Waals surface area contributed by atoms with Gasteiger partial charge >= 0.3 is 0 Å². The van der Waals surface area contributed by atoms with Crippen molar-refractivity contribution in [3.63, 3.8) is 0 Å². The highest BCUT2D eigenvalue weighted by atomic mass is 16.7. The lowest BCUT2D eigenvalue weighted by Gasteiger charge is -2.09. The summed E-state index contributed by atoms with van der Waals surface area (Å²) in [4.78, 5) is 0. The average molecular weight is 179 g/mol. The highest BCUT2D eigenvalue weighted by molar-refractivity contribution is 5.42. The summed E-state index contributed by atoms with van der Waals surface area (Å²) in [7, 11) is 0. The fraction of sp³-hybridized carbons (Fsp3) is 0.400. The Kier molecular flexibility index (Phi) is 2.79. The molecule has 1 aliphatic rings. The van der Waals surface area contributed by atoms with Gasteiger partial charge in [-0.15, -0.1) is 0 Å². The second-order valence-corrected chi connectivity index (χ2v) is 3.02. The molecule has 3 heteroatoms. The van der Waals surface area contributed by atoms with Crippen LogP contribution in [0.15, 0.2) is 30.3 Å². The van der Waals surface area contributed by atoms with E-state index in [2.05, 4.69) is 5.32 Å². The Morgan fingerprint density at radius 1 is 1.31 bits per heavy atom. The molecule has 70 valence electrons. The van der Waals surface area contributed by atoms with Gasteiger partial charge < -0.3 is 14.8 Å². The van der Waals surface area contributed by atoms with E-state index >= 15 is 0 Å². The van der Waals surface area contributed by atoms with Crippen molar-refractivity contribution in [2.75, 3.05) is 25.3 Å². The largest absolute Gasteiger partial charge is 0.382 e. The minimum Gasteiger partial charge on any atom is -0.382 e. The van der Waals surface area contributed by atoms with Crippen molar-refractivity contribution >= 4 is 5.69 Å². The van der Waals surface area contributed by atoms with Gasteiger partial charge in [-0.2, -0.15) is 0 Å². The lowest BCUT2D eigenvalue weighted by atomic mass is 10.3. The predicted octanol–water partition coefficient (Wildman–Crippen LogP) is 1.47. The maximum atomic E-state index is 5.29. The van der Waals surface area contributed by atoms with Gasteiger partial charge in [-0.05, 0) is 12.1 Å². The molecular weight excluding hydrogens is 166 g/mol. The quantitative estimate of drug-likeness (QED) is 0.762. The van der Waals surface area contributed by atoms with E-state index in [0.717, 1.165) is 12.2 Å². The molecule has 1 aromatic rings. The molecule has 0 aromatic heterocycles. The molecule has 0 amide bonds. The fourth-order valence-electron chi connectivity index (χ4n) is 1.28. The van der Waals surface area contributed by atoms with Crippen molar-refractivity contribution in [3.8, 4) is 0 Å². The van der Waals surface area contributed by atoms with Gasteiger partial charge in [-0.3, -0.25) is 0 Å². The molecule has 1 saturated heterocycles. The van der Waals surface area contributed by atoms with Crippen LogP contribution in [0, 0.1) is 0 Å². The molecule has 0 radical (unpaired) electrons. The first-order chi connectivity index (χ1) is 6.45. The highest BCUT2D eigenvalue weighted by Gasteiger charge is 2.14. The van der Waals surface area contributed by atoms with Crippen molar-refractivity contribution < 1.29 is 9.47 Å². The summed E-state index contributed by atoms with van der Waals surface area (Å²) in [6.45, 7) is 1.94. The third kappa shape index (κ3) is 2.44. The van der Waals surface area contributed by atoms with Crippen molar-refractivity contribution in [3.05, 3.63) is 30.3 Å². The molecule has 0 saturated carbocycles. The summed E-state index contributed by atoms with van der Waals surface area (Å²) in [5.74, 6) is 0. The average Bonchev–Trinajstić information content (AvgIpc) is 2.69. The number of anilines is 1. The lowest BCUT2D eigenvalue weighted by Crippen LogP contribution is -2.21. The van der Waals surface area contributed by atoms with Gasteiger partial charge in [0.2, 0.25) is 0 Å². The standard InChI is InChI=1S/C10H13NO2/c1-2-4-9(5-3-1)11-6-10-7-12-8-13-10/h1-5,10-11H,6-8H2/t10-/m1/s1. The van der Waals surface area contributed by atoms with E-state index in [1.165, 1.54) is 0 Å². The smallest absolute Gasteiger partial charge is 0.147 e. The number of hydrogen-bond acceptors (Lipinski definition) is 3. The Morgan fingerprint density at radius 2 is 2.15 bits per heavy atom. The molecule has 0 aliphatic carbocycles. The van der Waals surface area contributed by atoms with E-state index in [4.69, 9.17) is 9.47 Å². The molecule has 1 fully saturated rings. The number of nitrogens with one attached hydrogen (secondary N) is 1. The molecule has 3 nitrogen and oxygen atoms in total. The zero-order valence-corrected chi connectivity index (χ0v) is 7.40. The Morgan fingerprint density at radius 3 is 2.85 bits per heavy atom. The third-order valence-corrected chi connectivity index (χ3v) is 2.00. The van der Waals surface area contributed by atoms with Crippen LogP contribution in [0.25, 0.3) is 0 Å². The Balaban J connectivity index is 1.79. The molecule has 1 heterocycles. The normalized spacial score (nSPS) is 21.7. The SMILES string of the molecule is c1ccc(NC[C@@H]2COCO2)cc1. The fourth-order valence-corrected chi connectivity index (χ4v) is 1.28. The molecule has 1 aliphatic heterocycles. The first kappa shape index (κ1) is 8.53. The van der Waals surface area contributed by atoms with E-state index in [1.807, 2.05) is 30.3 Å². The summed E-state index contributed by atoms with van der Waals surface area (Å²) in [5, 5.41) is 3.28. The van der Waals surface area contributed by atoms with E-state index in [1.54, 1.807) is 0 Å². The van der Waals surface area contributed by atoms with E-state index in [-0.39, 0.29) is 6.10 Å². The van der Waals surface area contributed by atoms with Crippen LogP contribution in [0.2, 0.25) is 0 Å². The number of benzene rings is 1. The number of ether oxygens (including phenoxy) is 2. The Hall–Kier alpha value is -1.06. The zero-order chi connectivity index (χ0) is 8.93. The lowest BCUT2D eigenvalue weighted by molar-refractivity contribution is 0.0500. The van der Waals surface area contributed by atoms with Crippen molar-refractivity contribution in [2.45, 2.75) is 6.10 Å².